The van der Waals surface area contributed by atoms with Crippen LogP contribution < -0.4 is 5.32 Å². The molecule has 1 fully saturated rings. The highest BCUT2D eigenvalue weighted by atomic mass is 15.4. The van der Waals surface area contributed by atoms with Crippen LogP contribution in [-0.4, -0.2) is 28.1 Å². The SMILES string of the molecule is N#Cc1ccccc1-c1cn(C2CNC2)nn1. The van der Waals surface area contributed by atoms with Crippen LogP contribution in [0.25, 0.3) is 11.3 Å². The Morgan fingerprint density at radius 1 is 1.35 bits per heavy atom. The van der Waals surface area contributed by atoms with Crippen molar-refractivity contribution in [2.45, 2.75) is 6.04 Å². The molecule has 0 saturated carbocycles. The van der Waals surface area contributed by atoms with E-state index in [0.29, 0.717) is 11.6 Å². The van der Waals surface area contributed by atoms with Crippen LogP contribution in [0.2, 0.25) is 0 Å². The van der Waals surface area contributed by atoms with Gasteiger partial charge in [-0.3, -0.25) is 0 Å². The molecule has 1 N–H and O–H groups in total. The lowest BCUT2D eigenvalue weighted by atomic mass is 10.1. The summed E-state index contributed by atoms with van der Waals surface area (Å²) >= 11 is 0. The van der Waals surface area contributed by atoms with E-state index >= 15 is 0 Å². The van der Waals surface area contributed by atoms with Gasteiger partial charge in [0.05, 0.1) is 23.9 Å². The van der Waals surface area contributed by atoms with Gasteiger partial charge in [-0.15, -0.1) is 5.10 Å². The lowest BCUT2D eigenvalue weighted by Crippen LogP contribution is -2.43. The van der Waals surface area contributed by atoms with Crippen molar-refractivity contribution in [3.63, 3.8) is 0 Å². The number of benzene rings is 1. The Bertz CT molecular complexity index is 577. The molecule has 1 aromatic heterocycles. The van der Waals surface area contributed by atoms with Crippen LogP contribution in [0.5, 0.6) is 0 Å². The van der Waals surface area contributed by atoms with Crippen LogP contribution in [0, 0.1) is 11.3 Å². The van der Waals surface area contributed by atoms with Gasteiger partial charge in [-0.1, -0.05) is 23.4 Å². The van der Waals surface area contributed by atoms with Crippen molar-refractivity contribution in [3.05, 3.63) is 36.0 Å². The number of nitriles is 1. The van der Waals surface area contributed by atoms with Gasteiger partial charge in [0.25, 0.3) is 0 Å². The summed E-state index contributed by atoms with van der Waals surface area (Å²) in [7, 11) is 0. The molecule has 0 spiro atoms. The highest BCUT2D eigenvalue weighted by Crippen LogP contribution is 2.22. The lowest BCUT2D eigenvalue weighted by Gasteiger charge is -2.26. The molecule has 3 rings (SSSR count). The van der Waals surface area contributed by atoms with Crippen molar-refractivity contribution in [2.75, 3.05) is 13.1 Å². The van der Waals surface area contributed by atoms with Crippen molar-refractivity contribution < 1.29 is 0 Å². The van der Waals surface area contributed by atoms with Gasteiger partial charge in [0.2, 0.25) is 0 Å². The summed E-state index contributed by atoms with van der Waals surface area (Å²) in [5.41, 5.74) is 2.23. The molecule has 0 unspecified atom stereocenters. The molecule has 0 radical (unpaired) electrons. The molecule has 0 aliphatic carbocycles. The molecule has 0 bridgehead atoms. The molecule has 2 aromatic rings. The second kappa shape index (κ2) is 4.00. The number of aromatic nitrogens is 3. The third-order valence-electron chi connectivity index (χ3n) is 2.97. The van der Waals surface area contributed by atoms with Crippen LogP contribution in [0.1, 0.15) is 11.6 Å². The second-order valence-electron chi connectivity index (χ2n) is 4.05. The standard InChI is InChI=1S/C12H11N5/c13-5-9-3-1-2-4-11(9)12-8-17(16-15-12)10-6-14-7-10/h1-4,8,10,14H,6-7H2. The van der Waals surface area contributed by atoms with Crippen LogP contribution >= 0.6 is 0 Å². The van der Waals surface area contributed by atoms with E-state index in [2.05, 4.69) is 21.7 Å². The number of rotatable bonds is 2. The van der Waals surface area contributed by atoms with Gasteiger partial charge < -0.3 is 5.32 Å². The number of hydrogen-bond donors (Lipinski definition) is 1. The molecule has 1 aliphatic rings. The minimum Gasteiger partial charge on any atom is -0.312 e. The average molecular weight is 225 g/mol. The van der Waals surface area contributed by atoms with Crippen molar-refractivity contribution in [1.29, 1.82) is 5.26 Å². The Morgan fingerprint density at radius 3 is 2.88 bits per heavy atom. The maximum Gasteiger partial charge on any atom is 0.114 e. The van der Waals surface area contributed by atoms with E-state index < -0.39 is 0 Å². The summed E-state index contributed by atoms with van der Waals surface area (Å²) < 4.78 is 1.86. The normalized spacial score (nSPS) is 15.2. The summed E-state index contributed by atoms with van der Waals surface area (Å²) in [6.45, 7) is 1.87. The fraction of sp³-hybridized carbons (Fsp3) is 0.250. The molecular weight excluding hydrogens is 214 g/mol. The molecule has 84 valence electrons. The minimum absolute atomic E-state index is 0.394. The van der Waals surface area contributed by atoms with Crippen LogP contribution in [0.3, 0.4) is 0 Å². The van der Waals surface area contributed by atoms with Crippen LogP contribution in [0.15, 0.2) is 30.5 Å². The maximum absolute atomic E-state index is 9.04. The Balaban J connectivity index is 1.98. The zero-order chi connectivity index (χ0) is 11.7. The molecule has 17 heavy (non-hydrogen) atoms. The highest BCUT2D eigenvalue weighted by Gasteiger charge is 2.20. The number of nitrogens with zero attached hydrogens (tertiary/aromatic N) is 4. The predicted molar refractivity (Wildman–Crippen MR) is 62.1 cm³/mol. The van der Waals surface area contributed by atoms with Crippen molar-refractivity contribution in [3.8, 4) is 17.3 Å². The molecule has 5 heteroatoms. The largest absolute Gasteiger partial charge is 0.312 e. The van der Waals surface area contributed by atoms with E-state index in [1.165, 1.54) is 0 Å². The summed E-state index contributed by atoms with van der Waals surface area (Å²) in [6, 6.07) is 10.0. The third kappa shape index (κ3) is 1.69. The zero-order valence-corrected chi connectivity index (χ0v) is 9.17. The molecule has 0 atom stereocenters. The second-order valence-corrected chi connectivity index (χ2v) is 4.05. The van der Waals surface area contributed by atoms with E-state index in [-0.39, 0.29) is 0 Å². The molecular formula is C12H11N5. The minimum atomic E-state index is 0.394. The fourth-order valence-corrected chi connectivity index (χ4v) is 1.84. The van der Waals surface area contributed by atoms with Gasteiger partial charge in [-0.25, -0.2) is 4.68 Å². The fourth-order valence-electron chi connectivity index (χ4n) is 1.84. The maximum atomic E-state index is 9.04. The molecule has 1 aliphatic heterocycles. The summed E-state index contributed by atoms with van der Waals surface area (Å²) in [6.07, 6.45) is 1.90. The predicted octanol–water partition coefficient (Wildman–Crippen LogP) is 0.961. The third-order valence-corrected chi connectivity index (χ3v) is 2.97. The van der Waals surface area contributed by atoms with Gasteiger partial charge in [0.1, 0.15) is 5.69 Å². The lowest BCUT2D eigenvalue weighted by molar-refractivity contribution is 0.313. The van der Waals surface area contributed by atoms with E-state index in [1.807, 2.05) is 29.1 Å². The Kier molecular flexibility index (Phi) is 2.35. The summed E-state index contributed by atoms with van der Waals surface area (Å²) in [4.78, 5) is 0. The van der Waals surface area contributed by atoms with E-state index in [1.54, 1.807) is 6.07 Å². The zero-order valence-electron chi connectivity index (χ0n) is 9.17. The molecule has 1 saturated heterocycles. The molecule has 1 aromatic carbocycles. The van der Waals surface area contributed by atoms with Crippen molar-refractivity contribution in [1.82, 2.24) is 20.3 Å². The smallest absolute Gasteiger partial charge is 0.114 e. The van der Waals surface area contributed by atoms with Gasteiger partial charge >= 0.3 is 0 Å². The first kappa shape index (κ1) is 10.00. The Morgan fingerprint density at radius 2 is 2.18 bits per heavy atom. The van der Waals surface area contributed by atoms with Crippen molar-refractivity contribution in [2.24, 2.45) is 0 Å². The Labute approximate surface area is 98.7 Å². The quantitative estimate of drug-likeness (QED) is 0.826. The summed E-state index contributed by atoms with van der Waals surface area (Å²) in [5, 5.41) is 20.5. The van der Waals surface area contributed by atoms with Crippen LogP contribution in [-0.2, 0) is 0 Å². The highest BCUT2D eigenvalue weighted by molar-refractivity contribution is 5.66. The number of hydrogen-bond acceptors (Lipinski definition) is 4. The molecule has 5 nitrogen and oxygen atoms in total. The summed E-state index contributed by atoms with van der Waals surface area (Å²) in [5.74, 6) is 0. The van der Waals surface area contributed by atoms with E-state index in [0.717, 1.165) is 24.3 Å². The molecule has 2 heterocycles. The van der Waals surface area contributed by atoms with Crippen molar-refractivity contribution >= 4 is 0 Å². The van der Waals surface area contributed by atoms with Gasteiger partial charge in [0, 0.05) is 18.7 Å². The first-order valence-corrected chi connectivity index (χ1v) is 5.50. The van der Waals surface area contributed by atoms with Gasteiger partial charge in [0.15, 0.2) is 0 Å². The monoisotopic (exact) mass is 225 g/mol. The Hall–Kier alpha value is -2.19. The van der Waals surface area contributed by atoms with Gasteiger partial charge in [-0.2, -0.15) is 5.26 Å². The first-order chi connectivity index (χ1) is 8.38. The molecule has 0 amide bonds. The average Bonchev–Trinajstić information content (AvgIpc) is 2.76. The first-order valence-electron chi connectivity index (χ1n) is 5.50. The topological polar surface area (TPSA) is 66.5 Å². The van der Waals surface area contributed by atoms with E-state index in [9.17, 15) is 0 Å². The van der Waals surface area contributed by atoms with Gasteiger partial charge in [-0.05, 0) is 6.07 Å². The number of nitrogens with one attached hydrogen (secondary N) is 1. The van der Waals surface area contributed by atoms with E-state index in [4.69, 9.17) is 5.26 Å². The van der Waals surface area contributed by atoms with Crippen LogP contribution in [0.4, 0.5) is 0 Å².